The third-order valence-corrected chi connectivity index (χ3v) is 6.74. The summed E-state index contributed by atoms with van der Waals surface area (Å²) in [4.78, 5) is 35.4. The van der Waals surface area contributed by atoms with E-state index >= 15 is 0 Å². The summed E-state index contributed by atoms with van der Waals surface area (Å²) in [6, 6.07) is 3.93. The molecule has 2 aliphatic rings. The minimum Gasteiger partial charge on any atom is -0.435 e. The highest BCUT2D eigenvalue weighted by Crippen LogP contribution is 2.45. The van der Waals surface area contributed by atoms with E-state index in [-0.39, 0.29) is 6.04 Å². The number of benzene rings is 1. The van der Waals surface area contributed by atoms with Gasteiger partial charge in [-0.1, -0.05) is 15.9 Å². The van der Waals surface area contributed by atoms with Gasteiger partial charge in [0.1, 0.15) is 11.5 Å². The number of likely N-dealkylation sites (N-methyl/N-ethyl adjacent to an activating group) is 1. The largest absolute Gasteiger partial charge is 0.435 e. The summed E-state index contributed by atoms with van der Waals surface area (Å²) in [6.07, 6.45) is 1.59. The number of halogens is 2. The van der Waals surface area contributed by atoms with E-state index in [0.717, 1.165) is 0 Å². The first-order valence-electron chi connectivity index (χ1n) is 10.2. The zero-order valence-corrected chi connectivity index (χ0v) is 19.7. The first kappa shape index (κ1) is 24.1. The van der Waals surface area contributed by atoms with Crippen LogP contribution in [0.1, 0.15) is 44.6 Å². The molecule has 0 aromatic heterocycles. The third-order valence-electron chi connectivity index (χ3n) is 6.05. The van der Waals surface area contributed by atoms with Gasteiger partial charge in [0, 0.05) is 30.2 Å². The predicted octanol–water partition coefficient (Wildman–Crippen LogP) is 2.37. The van der Waals surface area contributed by atoms with Crippen molar-refractivity contribution in [3.8, 4) is 0 Å². The molecular weight excluding hydrogens is 487 g/mol. The molecule has 1 fully saturated rings. The highest BCUT2D eigenvalue weighted by Gasteiger charge is 2.51. The molecule has 1 aliphatic carbocycles. The van der Waals surface area contributed by atoms with E-state index in [2.05, 4.69) is 37.1 Å². The quantitative estimate of drug-likeness (QED) is 0.523. The van der Waals surface area contributed by atoms with Crippen molar-refractivity contribution in [1.29, 1.82) is 0 Å². The van der Waals surface area contributed by atoms with Crippen molar-refractivity contribution in [3.05, 3.63) is 34.1 Å². The fraction of sp³-hybridized carbons (Fsp3) is 0.524. The molecule has 1 spiro atoms. The van der Waals surface area contributed by atoms with Crippen molar-refractivity contribution in [2.75, 3.05) is 14.2 Å². The van der Waals surface area contributed by atoms with Gasteiger partial charge in [0.15, 0.2) is 5.60 Å². The summed E-state index contributed by atoms with van der Waals surface area (Å²) in [5.74, 6) is -1.86. The topological polar surface area (TPSA) is 118 Å². The van der Waals surface area contributed by atoms with E-state index in [1.54, 1.807) is 20.1 Å². The van der Waals surface area contributed by atoms with Gasteiger partial charge in [-0.3, -0.25) is 9.59 Å². The normalized spacial score (nSPS) is 25.9. The maximum atomic E-state index is 14.0. The lowest BCUT2D eigenvalue weighted by Crippen LogP contribution is -2.56. The van der Waals surface area contributed by atoms with Crippen LogP contribution in [0.25, 0.3) is 0 Å². The number of hydrazone groups is 1. The number of hydrogen-bond donors (Lipinski definition) is 3. The average molecular weight is 513 g/mol. The Labute approximate surface area is 193 Å². The highest BCUT2D eigenvalue weighted by atomic mass is 79.9. The number of rotatable bonds is 5. The lowest BCUT2D eigenvalue weighted by molar-refractivity contribution is -0.139. The SMILES string of the molecule is CNC(=O)C(=O)N[C@@H](C)CC1(OC)CCC2(CC1)OC(=O)NN=C2c1cc(F)ccc1Br. The number of ether oxygens (including phenoxy) is 2. The Kier molecular flexibility index (Phi) is 7.19. The van der Waals surface area contributed by atoms with Gasteiger partial charge in [-0.2, -0.15) is 5.10 Å². The van der Waals surface area contributed by atoms with Crippen molar-refractivity contribution in [2.45, 2.75) is 56.3 Å². The molecule has 1 heterocycles. The maximum Gasteiger partial charge on any atom is 0.428 e. The molecule has 174 valence electrons. The van der Waals surface area contributed by atoms with Crippen LogP contribution in [0, 0.1) is 5.82 Å². The molecule has 0 saturated heterocycles. The maximum absolute atomic E-state index is 14.0. The number of carbonyl (C=O) groups excluding carboxylic acids is 3. The highest BCUT2D eigenvalue weighted by molar-refractivity contribution is 9.10. The molecule has 3 rings (SSSR count). The van der Waals surface area contributed by atoms with Crippen molar-refractivity contribution >= 4 is 39.5 Å². The van der Waals surface area contributed by atoms with Gasteiger partial charge in [0.2, 0.25) is 0 Å². The van der Waals surface area contributed by atoms with Crippen LogP contribution in [-0.4, -0.2) is 55.0 Å². The van der Waals surface area contributed by atoms with E-state index in [9.17, 15) is 18.8 Å². The molecule has 1 atom stereocenters. The zero-order valence-electron chi connectivity index (χ0n) is 18.1. The van der Waals surface area contributed by atoms with Crippen LogP contribution in [0.15, 0.2) is 27.8 Å². The molecule has 1 aliphatic heterocycles. The Morgan fingerprint density at radius 2 is 2.00 bits per heavy atom. The molecular formula is C21H26BrFN4O5. The Balaban J connectivity index is 1.80. The monoisotopic (exact) mass is 512 g/mol. The number of nitrogens with one attached hydrogen (secondary N) is 3. The summed E-state index contributed by atoms with van der Waals surface area (Å²) < 4.78 is 26.2. The van der Waals surface area contributed by atoms with Gasteiger partial charge in [-0.05, 0) is 57.2 Å². The summed E-state index contributed by atoms with van der Waals surface area (Å²) in [6.45, 7) is 1.80. The summed E-state index contributed by atoms with van der Waals surface area (Å²) in [7, 11) is 2.98. The van der Waals surface area contributed by atoms with E-state index < -0.39 is 34.9 Å². The van der Waals surface area contributed by atoms with Crippen LogP contribution < -0.4 is 16.1 Å². The molecule has 1 aromatic rings. The Morgan fingerprint density at radius 1 is 1.31 bits per heavy atom. The molecule has 1 aromatic carbocycles. The molecule has 3 N–H and O–H groups in total. The molecule has 9 nitrogen and oxygen atoms in total. The Hall–Kier alpha value is -2.53. The predicted molar refractivity (Wildman–Crippen MR) is 117 cm³/mol. The lowest BCUT2D eigenvalue weighted by Gasteiger charge is -2.47. The van der Waals surface area contributed by atoms with Gasteiger partial charge in [0.05, 0.1) is 5.60 Å². The summed E-state index contributed by atoms with van der Waals surface area (Å²) >= 11 is 3.43. The molecule has 0 radical (unpaired) electrons. The third kappa shape index (κ3) is 4.93. The first-order chi connectivity index (χ1) is 15.1. The molecule has 32 heavy (non-hydrogen) atoms. The van der Waals surface area contributed by atoms with Gasteiger partial charge in [-0.15, -0.1) is 0 Å². The molecule has 11 heteroatoms. The minimum absolute atomic E-state index is 0.324. The summed E-state index contributed by atoms with van der Waals surface area (Å²) in [5.41, 5.74) is 1.63. The molecule has 3 amide bonds. The smallest absolute Gasteiger partial charge is 0.428 e. The fourth-order valence-electron chi connectivity index (χ4n) is 4.39. The average Bonchev–Trinajstić information content (AvgIpc) is 2.77. The second-order valence-electron chi connectivity index (χ2n) is 8.13. The zero-order chi connectivity index (χ0) is 23.5. The number of carbonyl (C=O) groups is 3. The number of amides is 3. The summed E-state index contributed by atoms with van der Waals surface area (Å²) in [5, 5.41) is 9.17. The number of hydrogen-bond acceptors (Lipinski definition) is 6. The van der Waals surface area contributed by atoms with Crippen LogP contribution in [0.4, 0.5) is 9.18 Å². The Bertz CT molecular complexity index is 946. The Morgan fingerprint density at radius 3 is 2.62 bits per heavy atom. The fourth-order valence-corrected chi connectivity index (χ4v) is 4.82. The van der Waals surface area contributed by atoms with Gasteiger partial charge >= 0.3 is 17.9 Å². The van der Waals surface area contributed by atoms with Crippen LogP contribution >= 0.6 is 15.9 Å². The van der Waals surface area contributed by atoms with Crippen LogP contribution in [0.5, 0.6) is 0 Å². The number of nitrogens with zero attached hydrogens (tertiary/aromatic N) is 1. The first-order valence-corrected chi connectivity index (χ1v) is 11.0. The van der Waals surface area contributed by atoms with Crippen LogP contribution in [0.3, 0.4) is 0 Å². The number of methoxy groups -OCH3 is 1. The van der Waals surface area contributed by atoms with E-state index in [0.29, 0.717) is 47.9 Å². The standard InChI is InChI=1S/C21H26BrFN4O5/c1-12(25-18(29)17(28)24-2)11-20(31-3)6-8-21(9-7-20)16(26-27-19(30)32-21)14-10-13(23)4-5-15(14)22/h4-5,10,12H,6-9,11H2,1-3H3,(H,24,28)(H,25,29)(H,27,30)/t12-,20?,21?/m0/s1. The van der Waals surface area contributed by atoms with E-state index in [1.807, 2.05) is 0 Å². The van der Waals surface area contributed by atoms with Gasteiger partial charge in [0.25, 0.3) is 0 Å². The lowest BCUT2D eigenvalue weighted by atomic mass is 9.70. The second-order valence-corrected chi connectivity index (χ2v) is 8.98. The van der Waals surface area contributed by atoms with Crippen molar-refractivity contribution < 1.29 is 28.2 Å². The van der Waals surface area contributed by atoms with Crippen molar-refractivity contribution in [3.63, 3.8) is 0 Å². The second kappa shape index (κ2) is 9.53. The van der Waals surface area contributed by atoms with Crippen molar-refractivity contribution in [1.82, 2.24) is 16.1 Å². The van der Waals surface area contributed by atoms with E-state index in [1.165, 1.54) is 19.2 Å². The van der Waals surface area contributed by atoms with Gasteiger partial charge in [-0.25, -0.2) is 14.6 Å². The van der Waals surface area contributed by atoms with Crippen molar-refractivity contribution in [2.24, 2.45) is 5.10 Å². The van der Waals surface area contributed by atoms with E-state index in [4.69, 9.17) is 9.47 Å². The molecule has 0 unspecified atom stereocenters. The minimum atomic E-state index is -1.03. The molecule has 0 bridgehead atoms. The van der Waals surface area contributed by atoms with Gasteiger partial charge < -0.3 is 20.1 Å². The molecule has 1 saturated carbocycles. The van der Waals surface area contributed by atoms with Crippen LogP contribution in [0.2, 0.25) is 0 Å². The van der Waals surface area contributed by atoms with Crippen LogP contribution in [-0.2, 0) is 19.1 Å².